The van der Waals surface area contributed by atoms with E-state index in [1.807, 2.05) is 0 Å². The number of benzene rings is 2. The first-order chi connectivity index (χ1) is 14.2. The minimum Gasteiger partial charge on any atom is -0.505 e. The number of ether oxygens (including phenoxy) is 1. The molecule has 2 N–H and O–H groups in total. The van der Waals surface area contributed by atoms with Gasteiger partial charge in [0.2, 0.25) is 10.0 Å². The summed E-state index contributed by atoms with van der Waals surface area (Å²) in [6.45, 7) is 3.08. The number of aromatic hydroxyl groups is 1. The molecule has 0 atom stereocenters. The van der Waals surface area contributed by atoms with Gasteiger partial charge in [0.15, 0.2) is 5.75 Å². The molecule has 1 heterocycles. The van der Waals surface area contributed by atoms with E-state index in [4.69, 9.17) is 0 Å². The van der Waals surface area contributed by atoms with Gasteiger partial charge in [-0.15, -0.1) is 0 Å². The van der Waals surface area contributed by atoms with Gasteiger partial charge < -0.3 is 15.2 Å². The van der Waals surface area contributed by atoms with Crippen molar-refractivity contribution in [1.82, 2.24) is 4.31 Å². The number of phenols is 1. The quantitative estimate of drug-likeness (QED) is 0.555. The number of piperidine rings is 1. The third kappa shape index (κ3) is 4.47. The van der Waals surface area contributed by atoms with Crippen molar-refractivity contribution in [3.63, 3.8) is 0 Å². The number of nitrogens with one attached hydrogen (secondary N) is 1. The van der Waals surface area contributed by atoms with Crippen LogP contribution in [0.3, 0.4) is 0 Å². The number of carbonyl (C=O) groups excluding carboxylic acids is 2. The Bertz CT molecular complexity index is 1040. The lowest BCUT2D eigenvalue weighted by Gasteiger charge is -2.29. The van der Waals surface area contributed by atoms with Crippen molar-refractivity contribution < 1.29 is 27.9 Å². The van der Waals surface area contributed by atoms with Crippen LogP contribution in [0.25, 0.3) is 0 Å². The molecule has 0 radical (unpaired) electrons. The lowest BCUT2D eigenvalue weighted by molar-refractivity contribution is 0.0597. The number of hydrogen-bond donors (Lipinski definition) is 2. The highest BCUT2D eigenvalue weighted by Crippen LogP contribution is 2.29. The zero-order chi connectivity index (χ0) is 21.9. The van der Waals surface area contributed by atoms with Crippen LogP contribution in [0.2, 0.25) is 0 Å². The molecule has 9 heteroatoms. The first kappa shape index (κ1) is 21.8. The van der Waals surface area contributed by atoms with E-state index in [0.29, 0.717) is 19.0 Å². The summed E-state index contributed by atoms with van der Waals surface area (Å²) in [5.74, 6) is -1.18. The van der Waals surface area contributed by atoms with Gasteiger partial charge in [-0.2, -0.15) is 4.31 Å². The van der Waals surface area contributed by atoms with Crippen molar-refractivity contribution >= 4 is 27.6 Å². The van der Waals surface area contributed by atoms with Gasteiger partial charge in [0.25, 0.3) is 5.91 Å². The molecule has 0 saturated carbocycles. The highest BCUT2D eigenvalue weighted by Gasteiger charge is 2.28. The van der Waals surface area contributed by atoms with Crippen LogP contribution in [0, 0.1) is 5.92 Å². The second-order valence-electron chi connectivity index (χ2n) is 7.26. The van der Waals surface area contributed by atoms with E-state index in [-0.39, 0.29) is 21.7 Å². The van der Waals surface area contributed by atoms with Crippen LogP contribution in [0.5, 0.6) is 5.75 Å². The molecule has 30 heavy (non-hydrogen) atoms. The van der Waals surface area contributed by atoms with Gasteiger partial charge in [0.05, 0.1) is 17.7 Å². The van der Waals surface area contributed by atoms with Gasteiger partial charge in [-0.25, -0.2) is 13.2 Å². The lowest BCUT2D eigenvalue weighted by Crippen LogP contribution is -2.37. The SMILES string of the molecule is COC(=O)c1cccc(NC(=O)c2ccc(S(=O)(=O)N3CCC(C)CC3)cc2)c1O. The van der Waals surface area contributed by atoms with Crippen LogP contribution in [-0.4, -0.2) is 49.9 Å². The average molecular weight is 432 g/mol. The highest BCUT2D eigenvalue weighted by molar-refractivity contribution is 7.89. The fourth-order valence-corrected chi connectivity index (χ4v) is 4.74. The maximum absolute atomic E-state index is 12.8. The molecule has 0 bridgehead atoms. The zero-order valence-corrected chi connectivity index (χ0v) is 17.6. The van der Waals surface area contributed by atoms with E-state index in [1.54, 1.807) is 0 Å². The fraction of sp³-hybridized carbons (Fsp3) is 0.333. The Morgan fingerprint density at radius 3 is 2.33 bits per heavy atom. The molecule has 0 aromatic heterocycles. The van der Waals surface area contributed by atoms with Gasteiger partial charge in [-0.1, -0.05) is 13.0 Å². The molecule has 8 nitrogen and oxygen atoms in total. The van der Waals surface area contributed by atoms with Gasteiger partial charge in [0, 0.05) is 18.7 Å². The third-order valence-electron chi connectivity index (χ3n) is 5.19. The van der Waals surface area contributed by atoms with Crippen molar-refractivity contribution in [2.75, 3.05) is 25.5 Å². The Balaban J connectivity index is 1.75. The molecule has 1 amide bonds. The standard InChI is InChI=1S/C21H24N2O6S/c1-14-10-12-23(13-11-14)30(27,28)16-8-6-15(7-9-16)20(25)22-18-5-3-4-17(19(18)24)21(26)29-2/h3-9,14,24H,10-13H2,1-2H3,(H,22,25). The number of para-hydroxylation sites is 1. The minimum atomic E-state index is -3.60. The van der Waals surface area contributed by atoms with Gasteiger partial charge in [-0.3, -0.25) is 4.79 Å². The molecule has 0 spiro atoms. The smallest absolute Gasteiger partial charge is 0.341 e. The van der Waals surface area contributed by atoms with E-state index < -0.39 is 27.6 Å². The van der Waals surface area contributed by atoms with Crippen molar-refractivity contribution in [1.29, 1.82) is 0 Å². The predicted molar refractivity (Wildman–Crippen MR) is 111 cm³/mol. The molecular weight excluding hydrogens is 408 g/mol. The molecular formula is C21H24N2O6S. The van der Waals surface area contributed by atoms with Gasteiger partial charge in [0.1, 0.15) is 5.56 Å². The normalized spacial score (nSPS) is 15.5. The highest BCUT2D eigenvalue weighted by atomic mass is 32.2. The maximum Gasteiger partial charge on any atom is 0.341 e. The Hall–Kier alpha value is -2.91. The third-order valence-corrected chi connectivity index (χ3v) is 7.10. The van der Waals surface area contributed by atoms with E-state index in [0.717, 1.165) is 12.8 Å². The van der Waals surface area contributed by atoms with Crippen molar-refractivity contribution in [2.45, 2.75) is 24.7 Å². The summed E-state index contributed by atoms with van der Waals surface area (Å²) in [7, 11) is -2.41. The Morgan fingerprint density at radius 2 is 1.73 bits per heavy atom. The van der Waals surface area contributed by atoms with E-state index in [2.05, 4.69) is 17.0 Å². The summed E-state index contributed by atoms with van der Waals surface area (Å²) in [5, 5.41) is 12.7. The molecule has 1 aliphatic heterocycles. The molecule has 2 aromatic carbocycles. The van der Waals surface area contributed by atoms with Crippen molar-refractivity contribution in [3.05, 3.63) is 53.6 Å². The topological polar surface area (TPSA) is 113 Å². The number of amides is 1. The summed E-state index contributed by atoms with van der Waals surface area (Å²) in [5.41, 5.74) is 0.179. The van der Waals surface area contributed by atoms with Crippen LogP contribution < -0.4 is 5.32 Å². The summed E-state index contributed by atoms with van der Waals surface area (Å²) >= 11 is 0. The molecule has 1 fully saturated rings. The first-order valence-corrected chi connectivity index (χ1v) is 11.0. The van der Waals surface area contributed by atoms with Crippen molar-refractivity contribution in [2.24, 2.45) is 5.92 Å². The van der Waals surface area contributed by atoms with Crippen molar-refractivity contribution in [3.8, 4) is 5.75 Å². The summed E-state index contributed by atoms with van der Waals surface area (Å²) < 4.78 is 31.6. The molecule has 160 valence electrons. The average Bonchev–Trinajstić information content (AvgIpc) is 2.75. The maximum atomic E-state index is 12.8. The predicted octanol–water partition coefficient (Wildman–Crippen LogP) is 2.85. The summed E-state index contributed by atoms with van der Waals surface area (Å²) in [6.07, 6.45) is 1.65. The number of hydrogen-bond acceptors (Lipinski definition) is 6. The Labute approximate surface area is 175 Å². The molecule has 1 aliphatic rings. The Morgan fingerprint density at radius 1 is 1.10 bits per heavy atom. The minimum absolute atomic E-state index is 0.0436. The number of phenolic OH excluding ortho intramolecular Hbond substituents is 1. The van der Waals surface area contributed by atoms with E-state index in [1.165, 1.54) is 53.9 Å². The second-order valence-corrected chi connectivity index (χ2v) is 9.20. The molecule has 0 aliphatic carbocycles. The van der Waals surface area contributed by atoms with E-state index in [9.17, 15) is 23.1 Å². The molecule has 3 rings (SSSR count). The number of methoxy groups -OCH3 is 1. The zero-order valence-electron chi connectivity index (χ0n) is 16.8. The number of carbonyl (C=O) groups is 2. The summed E-state index contributed by atoms with van der Waals surface area (Å²) in [6, 6.07) is 9.93. The van der Waals surface area contributed by atoms with Crippen LogP contribution in [-0.2, 0) is 14.8 Å². The largest absolute Gasteiger partial charge is 0.505 e. The fourth-order valence-electron chi connectivity index (χ4n) is 3.27. The molecule has 0 unspecified atom stereocenters. The number of esters is 1. The Kier molecular flexibility index (Phi) is 6.42. The van der Waals surface area contributed by atoms with Gasteiger partial charge >= 0.3 is 5.97 Å². The molecule has 2 aromatic rings. The number of nitrogens with zero attached hydrogens (tertiary/aromatic N) is 1. The summed E-state index contributed by atoms with van der Waals surface area (Å²) in [4.78, 5) is 24.3. The second kappa shape index (κ2) is 8.85. The van der Waals surface area contributed by atoms with Crippen LogP contribution >= 0.6 is 0 Å². The number of anilines is 1. The van der Waals surface area contributed by atoms with Gasteiger partial charge in [-0.05, 0) is 55.2 Å². The lowest BCUT2D eigenvalue weighted by atomic mass is 10.0. The van der Waals surface area contributed by atoms with Crippen LogP contribution in [0.4, 0.5) is 5.69 Å². The van der Waals surface area contributed by atoms with Crippen LogP contribution in [0.1, 0.15) is 40.5 Å². The molecule has 1 saturated heterocycles. The number of rotatable bonds is 5. The number of sulfonamides is 1. The monoisotopic (exact) mass is 432 g/mol. The van der Waals surface area contributed by atoms with E-state index >= 15 is 0 Å². The first-order valence-electron chi connectivity index (χ1n) is 9.56. The van der Waals surface area contributed by atoms with Crippen LogP contribution in [0.15, 0.2) is 47.4 Å².